The van der Waals surface area contributed by atoms with Gasteiger partial charge in [-0.05, 0) is 19.8 Å². The van der Waals surface area contributed by atoms with Crippen LogP contribution in [-0.4, -0.2) is 46.9 Å². The van der Waals surface area contributed by atoms with E-state index in [1.165, 1.54) is 0 Å². The molecule has 2 heterocycles. The number of ether oxygens (including phenoxy) is 1. The number of hydrogen-bond acceptors (Lipinski definition) is 3. The first-order valence-electron chi connectivity index (χ1n) is 6.13. The van der Waals surface area contributed by atoms with E-state index in [2.05, 4.69) is 5.10 Å². The lowest BCUT2D eigenvalue weighted by atomic mass is 10.1. The summed E-state index contributed by atoms with van der Waals surface area (Å²) in [6.45, 7) is 3.29. The zero-order valence-corrected chi connectivity index (χ0v) is 11.4. The molecule has 1 aromatic rings. The highest BCUT2D eigenvalue weighted by Gasteiger charge is 2.26. The van der Waals surface area contributed by atoms with Gasteiger partial charge in [-0.25, -0.2) is 0 Å². The highest BCUT2D eigenvalue weighted by atomic mass is 35.5. The zero-order valence-electron chi connectivity index (χ0n) is 10.7. The molecule has 2 rings (SSSR count). The summed E-state index contributed by atoms with van der Waals surface area (Å²) in [6, 6.07) is -0.0647. The molecule has 0 radical (unpaired) electrons. The van der Waals surface area contributed by atoms with E-state index in [1.807, 2.05) is 18.9 Å². The molecule has 1 aromatic heterocycles. The van der Waals surface area contributed by atoms with Gasteiger partial charge in [0.2, 0.25) is 5.91 Å². The molecular weight excluding hydrogens is 254 g/mol. The average molecular weight is 272 g/mol. The minimum atomic E-state index is -0.328. The Morgan fingerprint density at radius 2 is 2.28 bits per heavy atom. The lowest BCUT2D eigenvalue weighted by Crippen LogP contribution is -2.43. The molecule has 0 N–H and O–H groups in total. The van der Waals surface area contributed by atoms with Crippen LogP contribution < -0.4 is 0 Å². The van der Waals surface area contributed by atoms with Crippen LogP contribution in [0.4, 0.5) is 0 Å². The van der Waals surface area contributed by atoms with Crippen molar-refractivity contribution < 1.29 is 9.53 Å². The largest absolute Gasteiger partial charge is 0.381 e. The van der Waals surface area contributed by atoms with Crippen molar-refractivity contribution in [3.05, 3.63) is 17.4 Å². The summed E-state index contributed by atoms with van der Waals surface area (Å²) in [5.41, 5.74) is 0. The van der Waals surface area contributed by atoms with Crippen LogP contribution in [0, 0.1) is 0 Å². The van der Waals surface area contributed by atoms with Crippen molar-refractivity contribution in [3.8, 4) is 0 Å². The third-order valence-corrected chi connectivity index (χ3v) is 3.61. The van der Waals surface area contributed by atoms with E-state index in [0.29, 0.717) is 5.02 Å². The van der Waals surface area contributed by atoms with Gasteiger partial charge < -0.3 is 9.64 Å². The molecule has 0 aliphatic carbocycles. The summed E-state index contributed by atoms with van der Waals surface area (Å²) in [4.78, 5) is 14.1. The number of nitrogens with zero attached hydrogens (tertiary/aromatic N) is 3. The Bertz CT molecular complexity index is 415. The van der Waals surface area contributed by atoms with E-state index in [-0.39, 0.29) is 18.0 Å². The van der Waals surface area contributed by atoms with Gasteiger partial charge in [0.15, 0.2) is 0 Å². The summed E-state index contributed by atoms with van der Waals surface area (Å²) in [5.74, 6) is 0.0571. The normalized spacial score (nSPS) is 18.6. The second-order valence-electron chi connectivity index (χ2n) is 4.61. The minimum Gasteiger partial charge on any atom is -0.381 e. The SMILES string of the molecule is C[C@@H](C(=O)N(C)C1CCOCC1)n1cc(Cl)cn1. The van der Waals surface area contributed by atoms with E-state index < -0.39 is 0 Å². The molecule has 0 aromatic carbocycles. The van der Waals surface area contributed by atoms with Crippen molar-refractivity contribution in [3.63, 3.8) is 0 Å². The predicted octanol–water partition coefficient (Wildman–Crippen LogP) is 1.73. The standard InChI is InChI=1S/C12H18ClN3O2/c1-9(16-8-10(13)7-14-16)12(17)15(2)11-3-5-18-6-4-11/h7-9,11H,3-6H2,1-2H3/t9-/m0/s1. The predicted molar refractivity (Wildman–Crippen MR) is 68.6 cm³/mol. The lowest BCUT2D eigenvalue weighted by molar-refractivity contribution is -0.137. The maximum Gasteiger partial charge on any atom is 0.247 e. The van der Waals surface area contributed by atoms with Crippen LogP contribution in [0.25, 0.3) is 0 Å². The van der Waals surface area contributed by atoms with Crippen LogP contribution in [0.2, 0.25) is 5.02 Å². The molecular formula is C12H18ClN3O2. The molecule has 100 valence electrons. The number of halogens is 1. The van der Waals surface area contributed by atoms with Gasteiger partial charge in [0.25, 0.3) is 0 Å². The van der Waals surface area contributed by atoms with Gasteiger partial charge in [-0.2, -0.15) is 5.10 Å². The highest BCUT2D eigenvalue weighted by molar-refractivity contribution is 6.30. The molecule has 5 nitrogen and oxygen atoms in total. The second kappa shape index (κ2) is 5.71. The number of rotatable bonds is 3. The topological polar surface area (TPSA) is 47.4 Å². The Morgan fingerprint density at radius 1 is 1.61 bits per heavy atom. The van der Waals surface area contributed by atoms with E-state index in [1.54, 1.807) is 17.1 Å². The number of carbonyl (C=O) groups is 1. The Hall–Kier alpha value is -1.07. The van der Waals surface area contributed by atoms with Gasteiger partial charge in [-0.3, -0.25) is 9.48 Å². The van der Waals surface area contributed by atoms with Crippen LogP contribution in [0.1, 0.15) is 25.8 Å². The van der Waals surface area contributed by atoms with Crippen molar-refractivity contribution in [2.24, 2.45) is 0 Å². The number of likely N-dealkylation sites (N-methyl/N-ethyl adjacent to an activating group) is 1. The monoisotopic (exact) mass is 271 g/mol. The quantitative estimate of drug-likeness (QED) is 0.841. The van der Waals surface area contributed by atoms with Crippen molar-refractivity contribution in [1.29, 1.82) is 0 Å². The first-order valence-corrected chi connectivity index (χ1v) is 6.51. The molecule has 0 bridgehead atoms. The molecule has 0 saturated carbocycles. The van der Waals surface area contributed by atoms with E-state index in [0.717, 1.165) is 26.1 Å². The molecule has 18 heavy (non-hydrogen) atoms. The van der Waals surface area contributed by atoms with Gasteiger partial charge in [0, 0.05) is 32.5 Å². The van der Waals surface area contributed by atoms with Gasteiger partial charge in [-0.1, -0.05) is 11.6 Å². The van der Waals surface area contributed by atoms with E-state index >= 15 is 0 Å². The zero-order chi connectivity index (χ0) is 13.1. The first-order chi connectivity index (χ1) is 8.59. The Labute approximate surface area is 112 Å². The maximum atomic E-state index is 12.3. The van der Waals surface area contributed by atoms with Crippen molar-refractivity contribution in [2.45, 2.75) is 31.8 Å². The fourth-order valence-corrected chi connectivity index (χ4v) is 2.33. The molecule has 0 spiro atoms. The molecule has 1 fully saturated rings. The van der Waals surface area contributed by atoms with Crippen LogP contribution in [0.5, 0.6) is 0 Å². The van der Waals surface area contributed by atoms with Crippen molar-refractivity contribution in [1.82, 2.24) is 14.7 Å². The van der Waals surface area contributed by atoms with Crippen LogP contribution >= 0.6 is 11.6 Å². The number of aromatic nitrogens is 2. The fraction of sp³-hybridized carbons (Fsp3) is 0.667. The average Bonchev–Trinajstić information content (AvgIpc) is 2.84. The second-order valence-corrected chi connectivity index (χ2v) is 5.04. The van der Waals surface area contributed by atoms with Crippen LogP contribution in [0.3, 0.4) is 0 Å². The first kappa shape index (κ1) is 13.4. The summed E-state index contributed by atoms with van der Waals surface area (Å²) in [7, 11) is 1.85. The summed E-state index contributed by atoms with van der Waals surface area (Å²) in [6.07, 6.45) is 5.01. The number of amides is 1. The molecule has 1 amide bonds. The molecule has 1 aliphatic heterocycles. The Kier molecular flexibility index (Phi) is 4.24. The highest BCUT2D eigenvalue weighted by Crippen LogP contribution is 2.18. The van der Waals surface area contributed by atoms with E-state index in [4.69, 9.17) is 16.3 Å². The number of carbonyl (C=O) groups excluding carboxylic acids is 1. The third kappa shape index (κ3) is 2.84. The Balaban J connectivity index is 2.01. The Morgan fingerprint density at radius 3 is 2.83 bits per heavy atom. The summed E-state index contributed by atoms with van der Waals surface area (Å²) < 4.78 is 6.90. The molecule has 1 aliphatic rings. The summed E-state index contributed by atoms with van der Waals surface area (Å²) >= 11 is 5.81. The minimum absolute atomic E-state index is 0.0571. The molecule has 1 saturated heterocycles. The number of hydrogen-bond donors (Lipinski definition) is 0. The van der Waals surface area contributed by atoms with Gasteiger partial charge in [-0.15, -0.1) is 0 Å². The van der Waals surface area contributed by atoms with Crippen LogP contribution in [-0.2, 0) is 9.53 Å². The van der Waals surface area contributed by atoms with Gasteiger partial charge >= 0.3 is 0 Å². The maximum absolute atomic E-state index is 12.3. The van der Waals surface area contributed by atoms with E-state index in [9.17, 15) is 4.79 Å². The third-order valence-electron chi connectivity index (χ3n) is 3.41. The fourth-order valence-electron chi connectivity index (χ4n) is 2.19. The van der Waals surface area contributed by atoms with Crippen molar-refractivity contribution >= 4 is 17.5 Å². The smallest absolute Gasteiger partial charge is 0.247 e. The van der Waals surface area contributed by atoms with Crippen molar-refractivity contribution in [2.75, 3.05) is 20.3 Å². The molecule has 1 atom stereocenters. The van der Waals surface area contributed by atoms with Gasteiger partial charge in [0.05, 0.1) is 11.2 Å². The molecule has 6 heteroatoms. The summed E-state index contributed by atoms with van der Waals surface area (Å²) in [5, 5.41) is 4.62. The molecule has 0 unspecified atom stereocenters. The lowest BCUT2D eigenvalue weighted by Gasteiger charge is -2.32. The van der Waals surface area contributed by atoms with Gasteiger partial charge in [0.1, 0.15) is 6.04 Å². The van der Waals surface area contributed by atoms with Crippen LogP contribution in [0.15, 0.2) is 12.4 Å².